The molecule has 0 spiro atoms. The fourth-order valence-corrected chi connectivity index (χ4v) is 3.49. The van der Waals surface area contributed by atoms with Gasteiger partial charge in [-0.3, -0.25) is 0 Å². The Balaban J connectivity index is 2.22. The first-order chi connectivity index (χ1) is 12.2. The van der Waals surface area contributed by atoms with Crippen molar-refractivity contribution in [2.45, 2.75) is 17.9 Å². The molecule has 126 valence electrons. The van der Waals surface area contributed by atoms with Crippen molar-refractivity contribution < 1.29 is 5.11 Å². The van der Waals surface area contributed by atoms with Gasteiger partial charge in [-0.25, -0.2) is 0 Å². The number of hydrogen-bond donors (Lipinski definition) is 1. The summed E-state index contributed by atoms with van der Waals surface area (Å²) in [6, 6.07) is 27.3. The van der Waals surface area contributed by atoms with Crippen molar-refractivity contribution in [3.63, 3.8) is 0 Å². The minimum Gasteiger partial charge on any atom is -0.380 e. The summed E-state index contributed by atoms with van der Waals surface area (Å²) in [5.74, 6) is -0.158. The van der Waals surface area contributed by atoms with Crippen LogP contribution in [0.1, 0.15) is 29.0 Å². The Morgan fingerprint density at radius 3 is 1.92 bits per heavy atom. The molecule has 1 nitrogen and oxygen atoms in total. The van der Waals surface area contributed by atoms with Crippen molar-refractivity contribution in [3.05, 3.63) is 119 Å². The molecular weight excluding hydrogens is 328 g/mol. The van der Waals surface area contributed by atoms with E-state index in [0.29, 0.717) is 11.4 Å². The molecule has 2 heteroatoms. The predicted molar refractivity (Wildman–Crippen MR) is 105 cm³/mol. The standard InChI is InChI=1S/C23H21ClO/c1-2-9-22(18-10-5-3-6-11-18)23(25,19-12-7-4-8-13-19)20-14-16-21(24)17-15-20/h2-8,10-17,22,25H,1,9H2/t22-,23-/m0/s1. The van der Waals surface area contributed by atoms with Crippen LogP contribution in [0.4, 0.5) is 0 Å². The number of allylic oxidation sites excluding steroid dienone is 1. The molecule has 0 saturated heterocycles. The van der Waals surface area contributed by atoms with Gasteiger partial charge in [-0.2, -0.15) is 0 Å². The number of aliphatic hydroxyl groups is 1. The highest BCUT2D eigenvalue weighted by Crippen LogP contribution is 2.44. The maximum absolute atomic E-state index is 12.0. The molecule has 0 bridgehead atoms. The average molecular weight is 349 g/mol. The summed E-state index contributed by atoms with van der Waals surface area (Å²) in [5, 5.41) is 12.7. The van der Waals surface area contributed by atoms with Crippen LogP contribution in [0.5, 0.6) is 0 Å². The Morgan fingerprint density at radius 1 is 0.840 bits per heavy atom. The lowest BCUT2D eigenvalue weighted by molar-refractivity contribution is 0.0500. The second-order valence-corrected chi connectivity index (χ2v) is 6.56. The van der Waals surface area contributed by atoms with E-state index in [1.165, 1.54) is 0 Å². The zero-order valence-electron chi connectivity index (χ0n) is 14.0. The third-order valence-electron chi connectivity index (χ3n) is 4.61. The smallest absolute Gasteiger partial charge is 0.122 e. The second-order valence-electron chi connectivity index (χ2n) is 6.13. The molecule has 0 fully saturated rings. The number of rotatable bonds is 6. The molecule has 0 aromatic heterocycles. The first kappa shape index (κ1) is 17.5. The average Bonchev–Trinajstić information content (AvgIpc) is 2.67. The highest BCUT2D eigenvalue weighted by atomic mass is 35.5. The summed E-state index contributed by atoms with van der Waals surface area (Å²) in [7, 11) is 0. The van der Waals surface area contributed by atoms with E-state index in [0.717, 1.165) is 16.7 Å². The Hall–Kier alpha value is -2.35. The molecule has 0 aliphatic heterocycles. The largest absolute Gasteiger partial charge is 0.380 e. The summed E-state index contributed by atoms with van der Waals surface area (Å²) in [6.45, 7) is 3.91. The fourth-order valence-electron chi connectivity index (χ4n) is 3.37. The quantitative estimate of drug-likeness (QED) is 0.547. The van der Waals surface area contributed by atoms with E-state index in [4.69, 9.17) is 11.6 Å². The highest BCUT2D eigenvalue weighted by molar-refractivity contribution is 6.30. The van der Waals surface area contributed by atoms with Crippen LogP contribution in [-0.2, 0) is 5.60 Å². The van der Waals surface area contributed by atoms with Gasteiger partial charge in [-0.15, -0.1) is 6.58 Å². The molecule has 3 aromatic rings. The van der Waals surface area contributed by atoms with Gasteiger partial charge >= 0.3 is 0 Å². The lowest BCUT2D eigenvalue weighted by Crippen LogP contribution is -2.35. The molecule has 0 radical (unpaired) electrons. The van der Waals surface area contributed by atoms with Gasteiger partial charge in [0.05, 0.1) is 0 Å². The van der Waals surface area contributed by atoms with Gasteiger partial charge in [0.25, 0.3) is 0 Å². The molecule has 0 unspecified atom stereocenters. The third-order valence-corrected chi connectivity index (χ3v) is 4.86. The van der Waals surface area contributed by atoms with Crippen LogP contribution in [0, 0.1) is 0 Å². The van der Waals surface area contributed by atoms with Crippen LogP contribution in [-0.4, -0.2) is 5.11 Å². The molecule has 25 heavy (non-hydrogen) atoms. The second kappa shape index (κ2) is 7.69. The highest BCUT2D eigenvalue weighted by Gasteiger charge is 2.40. The summed E-state index contributed by atoms with van der Waals surface area (Å²) < 4.78 is 0. The molecule has 0 saturated carbocycles. The van der Waals surface area contributed by atoms with E-state index in [1.807, 2.05) is 78.9 Å². The van der Waals surface area contributed by atoms with Crippen LogP contribution in [0.2, 0.25) is 5.02 Å². The van der Waals surface area contributed by atoms with Crippen LogP contribution >= 0.6 is 11.6 Å². The molecule has 0 heterocycles. The van der Waals surface area contributed by atoms with Gasteiger partial charge in [0.15, 0.2) is 0 Å². The molecule has 0 amide bonds. The summed E-state index contributed by atoms with van der Waals surface area (Å²) in [6.07, 6.45) is 2.51. The Kier molecular flexibility index (Phi) is 5.37. The van der Waals surface area contributed by atoms with Crippen molar-refractivity contribution >= 4 is 11.6 Å². The monoisotopic (exact) mass is 348 g/mol. The minimum absolute atomic E-state index is 0.158. The van der Waals surface area contributed by atoms with Crippen molar-refractivity contribution in [2.75, 3.05) is 0 Å². The van der Waals surface area contributed by atoms with Gasteiger partial charge in [0.1, 0.15) is 5.60 Å². The number of benzene rings is 3. The van der Waals surface area contributed by atoms with E-state index in [2.05, 4.69) is 18.7 Å². The van der Waals surface area contributed by atoms with Gasteiger partial charge in [-0.05, 0) is 35.2 Å². The summed E-state index contributed by atoms with van der Waals surface area (Å²) in [5.41, 5.74) is 1.57. The summed E-state index contributed by atoms with van der Waals surface area (Å²) in [4.78, 5) is 0. The SMILES string of the molecule is C=CC[C@@H](c1ccccc1)[C@](O)(c1ccccc1)c1ccc(Cl)cc1. The van der Waals surface area contributed by atoms with Crippen molar-refractivity contribution in [2.24, 2.45) is 0 Å². The number of halogens is 1. The van der Waals surface area contributed by atoms with E-state index in [1.54, 1.807) is 0 Å². The topological polar surface area (TPSA) is 20.2 Å². The number of hydrogen-bond acceptors (Lipinski definition) is 1. The van der Waals surface area contributed by atoms with E-state index in [9.17, 15) is 5.11 Å². The Bertz CT molecular complexity index is 812. The van der Waals surface area contributed by atoms with Crippen molar-refractivity contribution in [3.8, 4) is 0 Å². The van der Waals surface area contributed by atoms with Gasteiger partial charge in [0, 0.05) is 10.9 Å². The van der Waals surface area contributed by atoms with Gasteiger partial charge in [-0.1, -0.05) is 90.5 Å². The molecule has 3 aromatic carbocycles. The van der Waals surface area contributed by atoms with Crippen molar-refractivity contribution in [1.82, 2.24) is 0 Å². The van der Waals surface area contributed by atoms with Crippen LogP contribution in [0.25, 0.3) is 0 Å². The molecule has 3 rings (SSSR count). The van der Waals surface area contributed by atoms with Crippen LogP contribution in [0.15, 0.2) is 97.6 Å². The van der Waals surface area contributed by atoms with Gasteiger partial charge < -0.3 is 5.11 Å². The first-order valence-corrected chi connectivity index (χ1v) is 8.74. The van der Waals surface area contributed by atoms with E-state index >= 15 is 0 Å². The lowest BCUT2D eigenvalue weighted by atomic mass is 9.71. The molecule has 2 atom stereocenters. The minimum atomic E-state index is -1.18. The maximum atomic E-state index is 12.0. The van der Waals surface area contributed by atoms with E-state index in [-0.39, 0.29) is 5.92 Å². The molecule has 0 aliphatic carbocycles. The fraction of sp³-hybridized carbons (Fsp3) is 0.130. The van der Waals surface area contributed by atoms with E-state index < -0.39 is 5.60 Å². The lowest BCUT2D eigenvalue weighted by Gasteiger charge is -2.37. The summed E-state index contributed by atoms with van der Waals surface area (Å²) >= 11 is 6.07. The van der Waals surface area contributed by atoms with Crippen LogP contribution in [0.3, 0.4) is 0 Å². The molecular formula is C23H21ClO. The normalized spacial score (nSPS) is 14.5. The van der Waals surface area contributed by atoms with Gasteiger partial charge in [0.2, 0.25) is 0 Å². The third kappa shape index (κ3) is 3.53. The maximum Gasteiger partial charge on any atom is 0.122 e. The first-order valence-electron chi connectivity index (χ1n) is 8.36. The molecule has 0 aliphatic rings. The Labute approximate surface area is 154 Å². The van der Waals surface area contributed by atoms with Crippen molar-refractivity contribution in [1.29, 1.82) is 0 Å². The predicted octanol–water partition coefficient (Wildman–Crippen LogP) is 5.94. The zero-order chi connectivity index (χ0) is 17.7. The Morgan fingerprint density at radius 2 is 1.36 bits per heavy atom. The molecule has 1 N–H and O–H groups in total. The zero-order valence-corrected chi connectivity index (χ0v) is 14.7. The van der Waals surface area contributed by atoms with Crippen LogP contribution < -0.4 is 0 Å².